The highest BCUT2D eigenvalue weighted by atomic mass is 32.2. The number of aromatic nitrogens is 3. The molecule has 2 aromatic rings. The van der Waals surface area contributed by atoms with E-state index in [1.807, 2.05) is 31.6 Å². The van der Waals surface area contributed by atoms with E-state index in [1.54, 1.807) is 23.1 Å². The third kappa shape index (κ3) is 4.39. The molecule has 0 aromatic carbocycles. The van der Waals surface area contributed by atoms with Crippen LogP contribution in [0.25, 0.3) is 0 Å². The Labute approximate surface area is 151 Å². The van der Waals surface area contributed by atoms with Crippen LogP contribution in [0.15, 0.2) is 22.1 Å². The van der Waals surface area contributed by atoms with Crippen LogP contribution in [-0.4, -0.2) is 43.7 Å². The van der Waals surface area contributed by atoms with Crippen molar-refractivity contribution in [2.45, 2.75) is 56.5 Å². The van der Waals surface area contributed by atoms with Crippen LogP contribution in [0.2, 0.25) is 0 Å². The van der Waals surface area contributed by atoms with E-state index in [0.717, 1.165) is 48.2 Å². The van der Waals surface area contributed by atoms with Gasteiger partial charge in [0.05, 0.1) is 5.75 Å². The SMILES string of the molecule is Cc1csc(SCC(=O)N2CCCC[C@@H]2CCn2ccnc2C)n1. The van der Waals surface area contributed by atoms with E-state index in [-0.39, 0.29) is 5.91 Å². The van der Waals surface area contributed by atoms with E-state index >= 15 is 0 Å². The molecule has 0 unspecified atom stereocenters. The first-order valence-electron chi connectivity index (χ1n) is 8.45. The van der Waals surface area contributed by atoms with Crippen molar-refractivity contribution in [2.24, 2.45) is 0 Å². The number of hydrogen-bond donors (Lipinski definition) is 0. The van der Waals surface area contributed by atoms with E-state index < -0.39 is 0 Å². The Hall–Kier alpha value is -1.34. The van der Waals surface area contributed by atoms with Crippen molar-refractivity contribution in [3.63, 3.8) is 0 Å². The zero-order valence-corrected chi connectivity index (χ0v) is 15.9. The van der Waals surface area contributed by atoms with Crippen LogP contribution in [0, 0.1) is 13.8 Å². The number of imidazole rings is 1. The van der Waals surface area contributed by atoms with Gasteiger partial charge in [-0.3, -0.25) is 4.79 Å². The maximum absolute atomic E-state index is 12.7. The van der Waals surface area contributed by atoms with Gasteiger partial charge in [0.1, 0.15) is 5.82 Å². The molecule has 0 spiro atoms. The Morgan fingerprint density at radius 2 is 2.29 bits per heavy atom. The van der Waals surface area contributed by atoms with Crippen LogP contribution >= 0.6 is 23.1 Å². The number of rotatable bonds is 6. The maximum Gasteiger partial charge on any atom is 0.233 e. The number of carbonyl (C=O) groups is 1. The number of carbonyl (C=O) groups excluding carboxylic acids is 1. The van der Waals surface area contributed by atoms with Crippen LogP contribution < -0.4 is 0 Å². The van der Waals surface area contributed by atoms with Crippen molar-refractivity contribution in [1.82, 2.24) is 19.4 Å². The van der Waals surface area contributed by atoms with Gasteiger partial charge in [0, 0.05) is 42.6 Å². The molecule has 1 amide bonds. The third-order valence-electron chi connectivity index (χ3n) is 4.49. The summed E-state index contributed by atoms with van der Waals surface area (Å²) in [5.74, 6) is 1.78. The number of piperidine rings is 1. The van der Waals surface area contributed by atoms with Gasteiger partial charge in [0.15, 0.2) is 4.34 Å². The van der Waals surface area contributed by atoms with Gasteiger partial charge in [-0.15, -0.1) is 11.3 Å². The zero-order chi connectivity index (χ0) is 16.9. The molecule has 5 nitrogen and oxygen atoms in total. The number of thioether (sulfide) groups is 1. The fraction of sp³-hybridized carbons (Fsp3) is 0.588. The average Bonchev–Trinajstić information content (AvgIpc) is 3.19. The normalized spacial score (nSPS) is 18.1. The van der Waals surface area contributed by atoms with Crippen molar-refractivity contribution in [3.8, 4) is 0 Å². The lowest BCUT2D eigenvalue weighted by molar-refractivity contribution is -0.132. The molecule has 0 radical (unpaired) electrons. The molecule has 7 heteroatoms. The first-order chi connectivity index (χ1) is 11.6. The molecule has 0 aliphatic carbocycles. The first kappa shape index (κ1) is 17.5. The lowest BCUT2D eigenvalue weighted by atomic mass is 9.99. The van der Waals surface area contributed by atoms with Crippen LogP contribution in [0.3, 0.4) is 0 Å². The summed E-state index contributed by atoms with van der Waals surface area (Å²) < 4.78 is 3.16. The van der Waals surface area contributed by atoms with Crippen molar-refractivity contribution in [1.29, 1.82) is 0 Å². The molecule has 3 heterocycles. The molecule has 2 aromatic heterocycles. The summed E-state index contributed by atoms with van der Waals surface area (Å²) in [5, 5.41) is 2.03. The minimum absolute atomic E-state index is 0.250. The Morgan fingerprint density at radius 1 is 1.42 bits per heavy atom. The molecule has 24 heavy (non-hydrogen) atoms. The molecular formula is C17H24N4OS2. The Morgan fingerprint density at radius 3 is 3.00 bits per heavy atom. The number of aryl methyl sites for hydroxylation is 3. The van der Waals surface area contributed by atoms with Crippen LogP contribution in [-0.2, 0) is 11.3 Å². The van der Waals surface area contributed by atoms with Gasteiger partial charge in [-0.2, -0.15) is 0 Å². The highest BCUT2D eigenvalue weighted by Crippen LogP contribution is 2.25. The standard InChI is InChI=1S/C17H24N4OS2/c1-13-11-23-17(19-13)24-12-16(22)21-8-4-3-5-15(21)6-9-20-10-7-18-14(20)2/h7,10-11,15H,3-6,8-9,12H2,1-2H3/t15-/m1/s1. The van der Waals surface area contributed by atoms with E-state index in [9.17, 15) is 4.79 Å². The number of amides is 1. The molecule has 0 N–H and O–H groups in total. The summed E-state index contributed by atoms with van der Waals surface area (Å²) in [5.41, 5.74) is 1.03. The van der Waals surface area contributed by atoms with Gasteiger partial charge in [-0.05, 0) is 39.5 Å². The third-order valence-corrected chi connectivity index (χ3v) is 6.62. The Bertz CT molecular complexity index is 682. The summed E-state index contributed by atoms with van der Waals surface area (Å²) in [6, 6.07) is 0.353. The number of likely N-dealkylation sites (tertiary alicyclic amines) is 1. The molecule has 1 aliphatic heterocycles. The van der Waals surface area contributed by atoms with E-state index in [2.05, 4.69) is 19.4 Å². The predicted octanol–water partition coefficient (Wildman–Crippen LogP) is 3.52. The minimum atomic E-state index is 0.250. The Balaban J connectivity index is 1.54. The largest absolute Gasteiger partial charge is 0.339 e. The van der Waals surface area contributed by atoms with Gasteiger partial charge < -0.3 is 9.47 Å². The molecule has 1 fully saturated rings. The van der Waals surface area contributed by atoms with E-state index in [0.29, 0.717) is 11.8 Å². The summed E-state index contributed by atoms with van der Waals surface area (Å²) in [6.07, 6.45) is 8.31. The molecule has 1 atom stereocenters. The number of nitrogens with zero attached hydrogens (tertiary/aromatic N) is 4. The monoisotopic (exact) mass is 364 g/mol. The molecular weight excluding hydrogens is 340 g/mol. The topological polar surface area (TPSA) is 51.0 Å². The fourth-order valence-electron chi connectivity index (χ4n) is 3.16. The predicted molar refractivity (Wildman–Crippen MR) is 98.5 cm³/mol. The second-order valence-electron chi connectivity index (χ2n) is 6.24. The highest BCUT2D eigenvalue weighted by Gasteiger charge is 2.26. The maximum atomic E-state index is 12.7. The second kappa shape index (κ2) is 8.16. The van der Waals surface area contributed by atoms with Crippen molar-refractivity contribution in [3.05, 3.63) is 29.3 Å². The van der Waals surface area contributed by atoms with Crippen molar-refractivity contribution in [2.75, 3.05) is 12.3 Å². The average molecular weight is 365 g/mol. The molecule has 0 saturated carbocycles. The second-order valence-corrected chi connectivity index (χ2v) is 8.32. The minimum Gasteiger partial charge on any atom is -0.339 e. The summed E-state index contributed by atoms with van der Waals surface area (Å²) in [6.45, 7) is 5.83. The van der Waals surface area contributed by atoms with Crippen LogP contribution in [0.5, 0.6) is 0 Å². The molecule has 3 rings (SSSR count). The smallest absolute Gasteiger partial charge is 0.233 e. The van der Waals surface area contributed by atoms with Gasteiger partial charge >= 0.3 is 0 Å². The summed E-state index contributed by atoms with van der Waals surface area (Å²) in [4.78, 5) is 23.5. The summed E-state index contributed by atoms with van der Waals surface area (Å²) >= 11 is 3.18. The van der Waals surface area contributed by atoms with Crippen LogP contribution in [0.4, 0.5) is 0 Å². The lowest BCUT2D eigenvalue weighted by Crippen LogP contribution is -2.45. The van der Waals surface area contributed by atoms with Crippen molar-refractivity contribution < 1.29 is 4.79 Å². The number of hydrogen-bond acceptors (Lipinski definition) is 5. The first-order valence-corrected chi connectivity index (χ1v) is 10.3. The molecule has 0 bridgehead atoms. The van der Waals surface area contributed by atoms with Gasteiger partial charge in [0.2, 0.25) is 5.91 Å². The molecule has 1 saturated heterocycles. The Kier molecular flexibility index (Phi) is 5.94. The quantitative estimate of drug-likeness (QED) is 0.736. The molecule has 130 valence electrons. The number of thiazole rings is 1. The zero-order valence-electron chi connectivity index (χ0n) is 14.3. The van der Waals surface area contributed by atoms with Crippen LogP contribution in [0.1, 0.15) is 37.2 Å². The van der Waals surface area contributed by atoms with Gasteiger partial charge in [-0.25, -0.2) is 9.97 Å². The van der Waals surface area contributed by atoms with Crippen molar-refractivity contribution >= 4 is 29.0 Å². The summed E-state index contributed by atoms with van der Waals surface area (Å²) in [7, 11) is 0. The van der Waals surface area contributed by atoms with E-state index in [4.69, 9.17) is 0 Å². The van der Waals surface area contributed by atoms with E-state index in [1.165, 1.54) is 6.42 Å². The van der Waals surface area contributed by atoms with Gasteiger partial charge in [0.25, 0.3) is 0 Å². The molecule has 1 aliphatic rings. The highest BCUT2D eigenvalue weighted by molar-refractivity contribution is 8.01. The van der Waals surface area contributed by atoms with Gasteiger partial charge in [-0.1, -0.05) is 11.8 Å². The lowest BCUT2D eigenvalue weighted by Gasteiger charge is -2.36. The fourth-order valence-corrected chi connectivity index (χ4v) is 4.90.